The average molecular weight is 419 g/mol. The number of anilines is 1. The van der Waals surface area contributed by atoms with Gasteiger partial charge in [-0.05, 0) is 47.0 Å². The topological polar surface area (TPSA) is 98.7 Å². The lowest BCUT2D eigenvalue weighted by molar-refractivity contribution is 0.0523. The van der Waals surface area contributed by atoms with Crippen molar-refractivity contribution in [2.45, 2.75) is 6.54 Å². The van der Waals surface area contributed by atoms with Gasteiger partial charge in [-0.15, -0.1) is 0 Å². The molecule has 8 heteroatoms. The largest absolute Gasteiger partial charge is 0.454 e. The van der Waals surface area contributed by atoms with Crippen molar-refractivity contribution < 1.29 is 18.7 Å². The highest BCUT2D eigenvalue weighted by molar-refractivity contribution is 6.05. The molecule has 2 aromatic carbocycles. The number of pyridine rings is 1. The maximum absolute atomic E-state index is 13.8. The second-order valence-electron chi connectivity index (χ2n) is 6.51. The third-order valence-corrected chi connectivity index (χ3v) is 4.48. The van der Waals surface area contributed by atoms with Crippen LogP contribution in [0.2, 0.25) is 0 Å². The zero-order chi connectivity index (χ0) is 22.2. The van der Waals surface area contributed by atoms with Crippen molar-refractivity contribution in [2.24, 2.45) is 5.73 Å². The molecule has 3 N–H and O–H groups in total. The first-order valence-electron chi connectivity index (χ1n) is 9.41. The summed E-state index contributed by atoms with van der Waals surface area (Å²) < 4.78 is 18.9. The number of hydrogen-bond donors (Lipinski definition) is 2. The monoisotopic (exact) mass is 419 g/mol. The number of benzene rings is 2. The number of ether oxygens (including phenoxy) is 1. The van der Waals surface area contributed by atoms with Gasteiger partial charge in [-0.2, -0.15) is 0 Å². The van der Waals surface area contributed by atoms with Crippen molar-refractivity contribution in [3.05, 3.63) is 88.3 Å². The molecule has 1 amide bonds. The minimum atomic E-state index is -0.636. The number of nitrogens with zero attached hydrogens (tertiary/aromatic N) is 2. The van der Waals surface area contributed by atoms with Gasteiger partial charge in [-0.25, -0.2) is 9.18 Å². The summed E-state index contributed by atoms with van der Waals surface area (Å²) in [5.74, 6) is -1.64. The van der Waals surface area contributed by atoms with Gasteiger partial charge in [0.2, 0.25) is 0 Å². The predicted octanol–water partition coefficient (Wildman–Crippen LogP) is 3.72. The van der Waals surface area contributed by atoms with E-state index in [1.165, 1.54) is 12.3 Å². The van der Waals surface area contributed by atoms with Crippen LogP contribution in [-0.4, -0.2) is 30.0 Å². The molecule has 0 aliphatic heterocycles. The number of nitrogens with two attached hydrogens (primary N) is 1. The number of hydrogen-bond acceptors (Lipinski definition) is 5. The number of nitrogens with one attached hydrogen (secondary N) is 1. The highest BCUT2D eigenvalue weighted by atomic mass is 19.1. The molecule has 0 bridgehead atoms. The summed E-state index contributed by atoms with van der Waals surface area (Å²) in [5.41, 5.74) is 8.68. The van der Waals surface area contributed by atoms with Crippen molar-refractivity contribution in [2.75, 3.05) is 18.5 Å². The van der Waals surface area contributed by atoms with Gasteiger partial charge in [0, 0.05) is 18.3 Å². The van der Waals surface area contributed by atoms with Gasteiger partial charge >= 0.3 is 5.97 Å². The molecule has 0 saturated heterocycles. The molecule has 1 aromatic heterocycles. The van der Waals surface area contributed by atoms with Gasteiger partial charge < -0.3 is 15.8 Å². The fourth-order valence-corrected chi connectivity index (χ4v) is 2.92. The summed E-state index contributed by atoms with van der Waals surface area (Å²) in [6, 6.07) is 13.1. The van der Waals surface area contributed by atoms with E-state index in [-0.39, 0.29) is 25.4 Å². The molecule has 7 nitrogen and oxygen atoms in total. The van der Waals surface area contributed by atoms with E-state index in [0.717, 1.165) is 11.8 Å². The van der Waals surface area contributed by atoms with E-state index in [1.54, 1.807) is 42.5 Å². The van der Waals surface area contributed by atoms with Gasteiger partial charge in [-0.1, -0.05) is 23.0 Å². The molecule has 0 atom stereocenters. The van der Waals surface area contributed by atoms with Crippen LogP contribution < -0.4 is 11.1 Å². The van der Waals surface area contributed by atoms with E-state index < -0.39 is 17.7 Å². The van der Waals surface area contributed by atoms with Gasteiger partial charge in [-0.3, -0.25) is 9.78 Å². The fourth-order valence-electron chi connectivity index (χ4n) is 2.92. The molecule has 0 aliphatic carbocycles. The molecular formula is C23H20FN4O3+. The number of aromatic nitrogens is 1. The molecule has 31 heavy (non-hydrogen) atoms. The Morgan fingerprint density at radius 2 is 2.00 bits per heavy atom. The number of amides is 1. The lowest BCUT2D eigenvalue weighted by Gasteiger charge is -2.12. The molecule has 3 aromatic rings. The SMILES string of the molecule is C#[N+]CCOC(=O)c1cccc(-c2cc(C(=O)Nc3ccncc3F)ccc2CN)c1. The van der Waals surface area contributed by atoms with E-state index in [0.29, 0.717) is 22.3 Å². The predicted molar refractivity (Wildman–Crippen MR) is 115 cm³/mol. The summed E-state index contributed by atoms with van der Waals surface area (Å²) in [6.07, 6.45) is 2.40. The minimum Gasteiger partial charge on any atom is -0.454 e. The molecule has 3 rings (SSSR count). The second-order valence-corrected chi connectivity index (χ2v) is 6.51. The normalized spacial score (nSPS) is 10.2. The van der Waals surface area contributed by atoms with Crippen LogP contribution in [0.4, 0.5) is 10.1 Å². The quantitative estimate of drug-likeness (QED) is 0.449. The van der Waals surface area contributed by atoms with Crippen LogP contribution in [0.1, 0.15) is 26.3 Å². The molecule has 0 unspecified atom stereocenters. The van der Waals surface area contributed by atoms with E-state index >= 15 is 0 Å². The number of carbonyl (C=O) groups excluding carboxylic acids is 2. The zero-order valence-corrected chi connectivity index (χ0v) is 16.5. The van der Waals surface area contributed by atoms with Crippen molar-refractivity contribution in [3.63, 3.8) is 0 Å². The average Bonchev–Trinajstić information content (AvgIpc) is 2.80. The first-order chi connectivity index (χ1) is 15.0. The maximum atomic E-state index is 13.8. The Morgan fingerprint density at radius 3 is 2.74 bits per heavy atom. The highest BCUT2D eigenvalue weighted by Gasteiger charge is 2.15. The van der Waals surface area contributed by atoms with Crippen LogP contribution in [0, 0.1) is 12.4 Å². The van der Waals surface area contributed by atoms with E-state index in [9.17, 15) is 14.0 Å². The molecule has 0 saturated carbocycles. The Bertz CT molecular complexity index is 1160. The van der Waals surface area contributed by atoms with Gasteiger partial charge in [0.05, 0.1) is 17.4 Å². The highest BCUT2D eigenvalue weighted by Crippen LogP contribution is 2.27. The minimum absolute atomic E-state index is 0.0263. The smallest absolute Gasteiger partial charge is 0.338 e. The molecule has 1 heterocycles. The molecule has 0 fully saturated rings. The summed E-state index contributed by atoms with van der Waals surface area (Å²) in [4.78, 5) is 31.9. The lowest BCUT2D eigenvalue weighted by atomic mass is 9.95. The molecule has 156 valence electrons. The van der Waals surface area contributed by atoms with Gasteiger partial charge in [0.15, 0.2) is 12.4 Å². The summed E-state index contributed by atoms with van der Waals surface area (Å²) in [5, 5.41) is 2.52. The number of rotatable bonds is 7. The fraction of sp³-hybridized carbons (Fsp3) is 0.130. The number of halogens is 1. The summed E-state index contributed by atoms with van der Waals surface area (Å²) in [6.45, 7) is 5.56. The van der Waals surface area contributed by atoms with Gasteiger partial charge in [0.25, 0.3) is 19.0 Å². The summed E-state index contributed by atoms with van der Waals surface area (Å²) in [7, 11) is 0. The molecule has 0 radical (unpaired) electrons. The zero-order valence-electron chi connectivity index (χ0n) is 16.5. The Balaban J connectivity index is 1.90. The number of esters is 1. The number of carbonyl (C=O) groups is 2. The third-order valence-electron chi connectivity index (χ3n) is 4.48. The summed E-state index contributed by atoms with van der Waals surface area (Å²) >= 11 is 0. The Morgan fingerprint density at radius 1 is 1.16 bits per heavy atom. The Labute approximate surface area is 178 Å². The van der Waals surface area contributed by atoms with E-state index in [2.05, 4.69) is 15.1 Å². The van der Waals surface area contributed by atoms with E-state index in [1.807, 2.05) is 0 Å². The Kier molecular flexibility index (Phi) is 7.04. The molecule has 0 spiro atoms. The van der Waals surface area contributed by atoms with Crippen molar-refractivity contribution in [1.82, 2.24) is 4.98 Å². The van der Waals surface area contributed by atoms with Crippen LogP contribution in [0.25, 0.3) is 16.0 Å². The lowest BCUT2D eigenvalue weighted by Crippen LogP contribution is -2.14. The standard InChI is InChI=1S/C23H19FN4O3/c1-26-9-10-31-23(30)17-4-2-3-15(11-17)19-12-16(5-6-18(19)13-25)22(29)28-21-7-8-27-14-20(21)24/h1-8,11-12,14H,9-10,13,25H2/p+1. The maximum Gasteiger partial charge on any atom is 0.338 e. The van der Waals surface area contributed by atoms with Crippen LogP contribution in [0.15, 0.2) is 60.9 Å². The molecular weight excluding hydrogens is 399 g/mol. The van der Waals surface area contributed by atoms with Crippen molar-refractivity contribution >= 4 is 17.6 Å². The van der Waals surface area contributed by atoms with Crippen LogP contribution >= 0.6 is 0 Å². The van der Waals surface area contributed by atoms with Crippen LogP contribution in [0.3, 0.4) is 0 Å². The third kappa shape index (κ3) is 5.29. The van der Waals surface area contributed by atoms with Crippen molar-refractivity contribution in [3.8, 4) is 17.7 Å². The first kappa shape index (κ1) is 21.6. The van der Waals surface area contributed by atoms with E-state index in [4.69, 9.17) is 17.0 Å². The Hall–Kier alpha value is -4.09. The van der Waals surface area contributed by atoms with Gasteiger partial charge in [0.1, 0.15) is 0 Å². The van der Waals surface area contributed by atoms with Crippen LogP contribution in [0.5, 0.6) is 0 Å². The van der Waals surface area contributed by atoms with Crippen LogP contribution in [-0.2, 0) is 11.3 Å². The van der Waals surface area contributed by atoms with Crippen molar-refractivity contribution in [1.29, 1.82) is 0 Å². The molecule has 0 aliphatic rings. The second kappa shape index (κ2) is 10.1. The first-order valence-corrected chi connectivity index (χ1v) is 9.41.